The Bertz CT molecular complexity index is 1140. The third-order valence-corrected chi connectivity index (χ3v) is 5.42. The zero-order valence-corrected chi connectivity index (χ0v) is 17.9. The fourth-order valence-corrected chi connectivity index (χ4v) is 3.78. The van der Waals surface area contributed by atoms with Crippen molar-refractivity contribution in [3.8, 4) is 6.07 Å². The molecule has 13 heteroatoms. The highest BCUT2D eigenvalue weighted by atomic mass is 19.4. The summed E-state index contributed by atoms with van der Waals surface area (Å²) in [6.07, 6.45) is -10.9. The van der Waals surface area contributed by atoms with Crippen LogP contribution < -0.4 is 16.0 Å². The summed E-state index contributed by atoms with van der Waals surface area (Å²) in [5.41, 5.74) is -1.79. The number of nitrogens with zero attached hydrogens (tertiary/aromatic N) is 1. The largest absolute Gasteiger partial charge is 0.453 e. The maximum Gasteiger partial charge on any atom is 0.417 e. The Morgan fingerprint density at radius 1 is 1.03 bits per heavy atom. The summed E-state index contributed by atoms with van der Waals surface area (Å²) in [5.74, 6) is -2.31. The number of rotatable bonds is 4. The van der Waals surface area contributed by atoms with Gasteiger partial charge in [0.1, 0.15) is 6.04 Å². The topological polar surface area (TPSA) is 103 Å². The average molecular weight is 500 g/mol. The molecule has 7 nitrogen and oxygen atoms in total. The van der Waals surface area contributed by atoms with E-state index < -0.39 is 59.9 Å². The molecule has 1 fully saturated rings. The van der Waals surface area contributed by atoms with Gasteiger partial charge in [0.05, 0.1) is 30.3 Å². The van der Waals surface area contributed by atoms with Crippen molar-refractivity contribution in [3.63, 3.8) is 0 Å². The van der Waals surface area contributed by atoms with Crippen molar-refractivity contribution in [3.05, 3.63) is 59.2 Å². The lowest BCUT2D eigenvalue weighted by atomic mass is 9.88. The third-order valence-electron chi connectivity index (χ3n) is 5.42. The zero-order chi connectivity index (χ0) is 26.0. The molecule has 2 aromatic carbocycles. The first-order valence-electron chi connectivity index (χ1n) is 10.0. The molecule has 3 atom stereocenters. The van der Waals surface area contributed by atoms with Crippen molar-refractivity contribution in [1.29, 1.82) is 5.26 Å². The van der Waals surface area contributed by atoms with Crippen molar-refractivity contribution < 1.29 is 40.7 Å². The number of hydrogen-bond acceptors (Lipinski definition) is 5. The molecule has 1 unspecified atom stereocenters. The molecule has 3 rings (SSSR count). The summed E-state index contributed by atoms with van der Waals surface area (Å²) in [5, 5.41) is 15.9. The number of carbonyl (C=O) groups is 2. The first-order chi connectivity index (χ1) is 16.3. The van der Waals surface area contributed by atoms with E-state index in [-0.39, 0.29) is 11.3 Å². The number of nitrogens with one attached hydrogen (secondary N) is 3. The Morgan fingerprint density at radius 2 is 1.63 bits per heavy atom. The second kappa shape index (κ2) is 9.83. The van der Waals surface area contributed by atoms with Gasteiger partial charge in [0, 0.05) is 17.3 Å². The lowest BCUT2D eigenvalue weighted by Crippen LogP contribution is -2.46. The standard InChI is InChI=1S/C22H18F6N4O3/c1-35-20(34)31-14-6-4-13(5-7-14)30-19(33)17-9-15(18(32-17)22(26,27)28)11-2-3-12(10-29)16(8-11)21(23,24)25/h2-8,15,17-18,32H,9H2,1H3,(H,30,33)(H,31,34)/t15?,17-,18+/m0/s1. The van der Waals surface area contributed by atoms with Gasteiger partial charge in [0.15, 0.2) is 0 Å². The van der Waals surface area contributed by atoms with E-state index in [9.17, 15) is 35.9 Å². The molecular weight excluding hydrogens is 482 g/mol. The summed E-state index contributed by atoms with van der Waals surface area (Å²) in [6, 6.07) is 5.76. The van der Waals surface area contributed by atoms with Gasteiger partial charge in [-0.15, -0.1) is 0 Å². The number of nitriles is 1. The van der Waals surface area contributed by atoms with Gasteiger partial charge in [-0.1, -0.05) is 6.07 Å². The van der Waals surface area contributed by atoms with Crippen LogP contribution in [0.3, 0.4) is 0 Å². The monoisotopic (exact) mass is 500 g/mol. The highest BCUT2D eigenvalue weighted by Gasteiger charge is 2.52. The van der Waals surface area contributed by atoms with Gasteiger partial charge in [0.2, 0.25) is 5.91 Å². The summed E-state index contributed by atoms with van der Waals surface area (Å²) in [4.78, 5) is 23.9. The predicted octanol–water partition coefficient (Wildman–Crippen LogP) is 4.77. The van der Waals surface area contributed by atoms with E-state index in [4.69, 9.17) is 5.26 Å². The molecule has 35 heavy (non-hydrogen) atoms. The van der Waals surface area contributed by atoms with Crippen molar-refractivity contribution in [2.75, 3.05) is 17.7 Å². The van der Waals surface area contributed by atoms with E-state index in [1.54, 1.807) is 0 Å². The Hall–Kier alpha value is -3.79. The number of benzene rings is 2. The zero-order valence-electron chi connectivity index (χ0n) is 17.9. The molecule has 0 bridgehead atoms. The maximum atomic E-state index is 13.7. The molecule has 0 aliphatic carbocycles. The predicted molar refractivity (Wildman–Crippen MR) is 111 cm³/mol. The number of hydrogen-bond donors (Lipinski definition) is 3. The molecule has 1 aliphatic rings. The van der Waals surface area contributed by atoms with E-state index in [1.165, 1.54) is 37.4 Å². The molecule has 0 radical (unpaired) electrons. The van der Waals surface area contributed by atoms with Gasteiger partial charge in [-0.3, -0.25) is 15.4 Å². The molecule has 186 valence electrons. The lowest BCUT2D eigenvalue weighted by molar-refractivity contribution is -0.156. The fraction of sp³-hybridized carbons (Fsp3) is 0.318. The van der Waals surface area contributed by atoms with E-state index >= 15 is 0 Å². The SMILES string of the molecule is COC(=O)Nc1ccc(NC(=O)[C@@H]2CC(c3ccc(C#N)c(C(F)(F)F)c3)[C@H](C(F)(F)F)N2)cc1. The Labute approximate surface area is 195 Å². The second-order valence-corrected chi connectivity index (χ2v) is 7.68. The number of ether oxygens (including phenoxy) is 1. The Balaban J connectivity index is 1.81. The van der Waals surface area contributed by atoms with Crippen molar-refractivity contribution in [1.82, 2.24) is 5.32 Å². The third kappa shape index (κ3) is 6.02. The smallest absolute Gasteiger partial charge is 0.417 e. The van der Waals surface area contributed by atoms with Crippen LogP contribution >= 0.6 is 0 Å². The molecule has 2 amide bonds. The molecular formula is C22H18F6N4O3. The van der Waals surface area contributed by atoms with E-state index in [1.807, 2.05) is 0 Å². The Morgan fingerprint density at radius 3 is 2.14 bits per heavy atom. The first-order valence-corrected chi connectivity index (χ1v) is 10.0. The van der Waals surface area contributed by atoms with Crippen LogP contribution in [0.25, 0.3) is 0 Å². The van der Waals surface area contributed by atoms with Crippen molar-refractivity contribution in [2.24, 2.45) is 0 Å². The second-order valence-electron chi connectivity index (χ2n) is 7.68. The number of anilines is 2. The Kier molecular flexibility index (Phi) is 7.25. The summed E-state index contributed by atoms with van der Waals surface area (Å²) in [7, 11) is 1.17. The first kappa shape index (κ1) is 25.8. The van der Waals surface area contributed by atoms with Crippen LogP contribution in [0, 0.1) is 11.3 Å². The van der Waals surface area contributed by atoms with E-state index in [2.05, 4.69) is 20.7 Å². The van der Waals surface area contributed by atoms with Crippen LogP contribution in [0.5, 0.6) is 0 Å². The quantitative estimate of drug-likeness (QED) is 0.525. The van der Waals surface area contributed by atoms with E-state index in [0.717, 1.165) is 12.1 Å². The number of carbonyl (C=O) groups excluding carboxylic acids is 2. The molecule has 3 N–H and O–H groups in total. The van der Waals surface area contributed by atoms with Gasteiger partial charge in [-0.2, -0.15) is 31.6 Å². The van der Waals surface area contributed by atoms with Crippen LogP contribution in [0.15, 0.2) is 42.5 Å². The fourth-order valence-electron chi connectivity index (χ4n) is 3.78. The van der Waals surface area contributed by atoms with E-state index in [0.29, 0.717) is 11.8 Å². The summed E-state index contributed by atoms with van der Waals surface area (Å²) in [6.45, 7) is 0. The van der Waals surface area contributed by atoms with Crippen molar-refractivity contribution >= 4 is 23.4 Å². The molecule has 0 spiro atoms. The number of methoxy groups -OCH3 is 1. The summed E-state index contributed by atoms with van der Waals surface area (Å²) < 4.78 is 85.5. The van der Waals surface area contributed by atoms with Crippen molar-refractivity contribution in [2.45, 2.75) is 36.8 Å². The van der Waals surface area contributed by atoms with Gasteiger partial charge in [-0.25, -0.2) is 4.79 Å². The molecule has 0 aromatic heterocycles. The lowest BCUT2D eigenvalue weighted by Gasteiger charge is -2.23. The summed E-state index contributed by atoms with van der Waals surface area (Å²) >= 11 is 0. The molecule has 1 heterocycles. The van der Waals surface area contributed by atoms with Gasteiger partial charge >= 0.3 is 18.4 Å². The van der Waals surface area contributed by atoms with Crippen LogP contribution in [0.1, 0.15) is 29.0 Å². The molecule has 2 aromatic rings. The highest BCUT2D eigenvalue weighted by molar-refractivity contribution is 5.95. The molecule has 0 saturated carbocycles. The van der Waals surface area contributed by atoms with Crippen LogP contribution in [0.4, 0.5) is 42.5 Å². The maximum absolute atomic E-state index is 13.7. The van der Waals surface area contributed by atoms with Gasteiger partial charge in [0.25, 0.3) is 0 Å². The van der Waals surface area contributed by atoms with Crippen LogP contribution in [-0.2, 0) is 15.7 Å². The minimum Gasteiger partial charge on any atom is -0.453 e. The average Bonchev–Trinajstić information content (AvgIpc) is 3.25. The minimum absolute atomic E-state index is 0.219. The van der Waals surface area contributed by atoms with Crippen LogP contribution in [-0.4, -0.2) is 37.4 Å². The highest BCUT2D eigenvalue weighted by Crippen LogP contribution is 2.42. The normalized spacial score (nSPS) is 20.1. The number of amides is 2. The van der Waals surface area contributed by atoms with Crippen LogP contribution in [0.2, 0.25) is 0 Å². The van der Waals surface area contributed by atoms with Gasteiger partial charge < -0.3 is 10.1 Å². The van der Waals surface area contributed by atoms with Gasteiger partial charge in [-0.05, 0) is 48.4 Å². The number of halogens is 6. The number of alkyl halides is 6. The minimum atomic E-state index is -4.94. The molecule has 1 saturated heterocycles. The molecule has 1 aliphatic heterocycles.